The van der Waals surface area contributed by atoms with Crippen LogP contribution in [0.15, 0.2) is 65.1 Å². The normalized spacial score (nSPS) is 10.9. The molecule has 0 bridgehead atoms. The van der Waals surface area contributed by atoms with Gasteiger partial charge in [-0.15, -0.1) is 5.10 Å². The predicted octanol–water partition coefficient (Wildman–Crippen LogP) is 5.54. The van der Waals surface area contributed by atoms with Crippen LogP contribution in [0.1, 0.15) is 44.3 Å². The zero-order valence-electron chi connectivity index (χ0n) is 17.7. The van der Waals surface area contributed by atoms with Gasteiger partial charge in [0, 0.05) is 18.2 Å². The predicted molar refractivity (Wildman–Crippen MR) is 118 cm³/mol. The third-order valence-electron chi connectivity index (χ3n) is 5.21. The first-order valence-electron chi connectivity index (χ1n) is 9.99. The van der Waals surface area contributed by atoms with Crippen molar-refractivity contribution in [1.29, 1.82) is 0 Å². The highest BCUT2D eigenvalue weighted by Gasteiger charge is 2.15. The van der Waals surface area contributed by atoms with Crippen LogP contribution in [-0.4, -0.2) is 15.7 Å². The highest BCUT2D eigenvalue weighted by molar-refractivity contribution is 6.01. The number of aryl methyl sites for hydroxylation is 4. The summed E-state index contributed by atoms with van der Waals surface area (Å²) in [4.78, 5) is 12.7. The lowest BCUT2D eigenvalue weighted by Gasteiger charge is -2.10. The molecule has 5 nitrogen and oxygen atoms in total. The average Bonchev–Trinajstić information content (AvgIpc) is 3.32. The van der Waals surface area contributed by atoms with Gasteiger partial charge in [0.25, 0.3) is 5.91 Å². The van der Waals surface area contributed by atoms with Crippen LogP contribution >= 0.6 is 0 Å². The van der Waals surface area contributed by atoms with E-state index in [0.29, 0.717) is 12.2 Å². The maximum absolute atomic E-state index is 12.7. The molecule has 30 heavy (non-hydrogen) atoms. The molecule has 0 aliphatic rings. The van der Waals surface area contributed by atoms with E-state index >= 15 is 0 Å². The molecule has 0 aliphatic heterocycles. The number of carbonyl (C=O) groups is 1. The van der Waals surface area contributed by atoms with E-state index in [1.807, 2.05) is 49.4 Å². The fourth-order valence-corrected chi connectivity index (χ4v) is 3.80. The Morgan fingerprint density at radius 3 is 2.37 bits per heavy atom. The summed E-state index contributed by atoms with van der Waals surface area (Å²) in [5, 5.41) is 7.33. The maximum Gasteiger partial charge on any atom is 0.292 e. The van der Waals surface area contributed by atoms with E-state index in [9.17, 15) is 4.79 Å². The van der Waals surface area contributed by atoms with Gasteiger partial charge >= 0.3 is 0 Å². The van der Waals surface area contributed by atoms with E-state index in [4.69, 9.17) is 4.42 Å². The molecule has 2 aromatic carbocycles. The Kier molecular flexibility index (Phi) is 5.27. The zero-order chi connectivity index (χ0) is 21.3. The molecule has 2 heterocycles. The van der Waals surface area contributed by atoms with E-state index in [0.717, 1.165) is 17.1 Å². The molecule has 0 aliphatic carbocycles. The smallest absolute Gasteiger partial charge is 0.292 e. The van der Waals surface area contributed by atoms with Gasteiger partial charge in [0.05, 0.1) is 5.69 Å². The van der Waals surface area contributed by atoms with Crippen molar-refractivity contribution in [3.8, 4) is 5.69 Å². The zero-order valence-corrected chi connectivity index (χ0v) is 17.7. The Bertz CT molecular complexity index is 1180. The summed E-state index contributed by atoms with van der Waals surface area (Å²) in [6, 6.07) is 19.6. The lowest BCUT2D eigenvalue weighted by atomic mass is 9.97. The topological polar surface area (TPSA) is 60.1 Å². The first-order chi connectivity index (χ1) is 14.4. The van der Waals surface area contributed by atoms with Crippen molar-refractivity contribution in [2.75, 3.05) is 5.32 Å². The number of furan rings is 1. The number of para-hydroxylation sites is 1. The van der Waals surface area contributed by atoms with Crippen LogP contribution in [0.25, 0.3) is 5.69 Å². The third kappa shape index (κ3) is 4.06. The van der Waals surface area contributed by atoms with Gasteiger partial charge in [-0.1, -0.05) is 35.9 Å². The Labute approximate surface area is 176 Å². The van der Waals surface area contributed by atoms with Crippen molar-refractivity contribution < 1.29 is 9.21 Å². The Balaban J connectivity index is 1.49. The lowest BCUT2D eigenvalue weighted by molar-refractivity contribution is 0.0994. The summed E-state index contributed by atoms with van der Waals surface area (Å²) >= 11 is 0. The molecule has 0 unspecified atom stereocenters. The summed E-state index contributed by atoms with van der Waals surface area (Å²) in [6.07, 6.45) is 0.660. The number of anilines is 1. The highest BCUT2D eigenvalue weighted by Crippen LogP contribution is 2.22. The third-order valence-corrected chi connectivity index (χ3v) is 5.21. The van der Waals surface area contributed by atoms with E-state index in [-0.39, 0.29) is 11.7 Å². The van der Waals surface area contributed by atoms with Crippen molar-refractivity contribution in [2.45, 2.75) is 34.1 Å². The van der Waals surface area contributed by atoms with Gasteiger partial charge in [-0.05, 0) is 68.7 Å². The standard InChI is InChI=1S/C25H25N3O2/c1-16-12-17(2)22(18(3)13-16)15-21-10-11-23(30-21)25(29)26-24-14-19(4)28(27-24)20-8-6-5-7-9-20/h5-14H,15H2,1-4H3,(H,26,27,29). The van der Waals surface area contributed by atoms with Gasteiger partial charge < -0.3 is 9.73 Å². The Hall–Kier alpha value is -3.60. The molecule has 0 spiro atoms. The molecular formula is C25H25N3O2. The molecule has 0 atom stereocenters. The molecule has 0 saturated heterocycles. The van der Waals surface area contributed by atoms with Gasteiger partial charge in [0.2, 0.25) is 0 Å². The fourth-order valence-electron chi connectivity index (χ4n) is 3.80. The summed E-state index contributed by atoms with van der Waals surface area (Å²) in [5.74, 6) is 1.22. The summed E-state index contributed by atoms with van der Waals surface area (Å²) in [7, 11) is 0. The number of nitrogens with zero attached hydrogens (tertiary/aromatic N) is 2. The Morgan fingerprint density at radius 1 is 0.967 bits per heavy atom. The summed E-state index contributed by atoms with van der Waals surface area (Å²) < 4.78 is 7.63. The van der Waals surface area contributed by atoms with Crippen LogP contribution in [0.2, 0.25) is 0 Å². The van der Waals surface area contributed by atoms with Crippen molar-refractivity contribution >= 4 is 11.7 Å². The Morgan fingerprint density at radius 2 is 1.67 bits per heavy atom. The van der Waals surface area contributed by atoms with Gasteiger partial charge in [0.1, 0.15) is 5.76 Å². The fraction of sp³-hybridized carbons (Fsp3) is 0.200. The monoisotopic (exact) mass is 399 g/mol. The molecular weight excluding hydrogens is 374 g/mol. The van der Waals surface area contributed by atoms with Crippen LogP contribution in [-0.2, 0) is 6.42 Å². The largest absolute Gasteiger partial charge is 0.456 e. The molecule has 152 valence electrons. The lowest BCUT2D eigenvalue weighted by Crippen LogP contribution is -2.11. The molecule has 1 amide bonds. The first-order valence-corrected chi connectivity index (χ1v) is 9.99. The first kappa shape index (κ1) is 19.7. The van der Waals surface area contributed by atoms with Crippen molar-refractivity contribution in [3.63, 3.8) is 0 Å². The van der Waals surface area contributed by atoms with Gasteiger partial charge in [0.15, 0.2) is 11.6 Å². The average molecular weight is 399 g/mol. The molecule has 2 aromatic heterocycles. The number of nitrogens with one attached hydrogen (secondary N) is 1. The summed E-state index contributed by atoms with van der Waals surface area (Å²) in [5.41, 5.74) is 6.83. The minimum atomic E-state index is -0.309. The molecule has 0 fully saturated rings. The van der Waals surface area contributed by atoms with Crippen molar-refractivity contribution in [1.82, 2.24) is 9.78 Å². The van der Waals surface area contributed by atoms with Crippen LogP contribution in [0, 0.1) is 27.7 Å². The number of benzene rings is 2. The molecule has 5 heteroatoms. The molecule has 0 saturated carbocycles. The minimum absolute atomic E-state index is 0.277. The van der Waals surface area contributed by atoms with Crippen LogP contribution in [0.4, 0.5) is 5.82 Å². The number of amides is 1. The molecule has 0 radical (unpaired) electrons. The molecule has 4 rings (SSSR count). The number of hydrogen-bond acceptors (Lipinski definition) is 3. The second-order valence-electron chi connectivity index (χ2n) is 7.69. The number of rotatable bonds is 5. The number of hydrogen-bond donors (Lipinski definition) is 1. The van der Waals surface area contributed by atoms with Gasteiger partial charge in [-0.3, -0.25) is 4.79 Å². The second-order valence-corrected chi connectivity index (χ2v) is 7.69. The van der Waals surface area contributed by atoms with Crippen molar-refractivity contribution in [3.05, 3.63) is 100 Å². The molecule has 1 N–H and O–H groups in total. The SMILES string of the molecule is Cc1cc(C)c(Cc2ccc(C(=O)Nc3cc(C)n(-c4ccccc4)n3)o2)c(C)c1. The summed E-state index contributed by atoms with van der Waals surface area (Å²) in [6.45, 7) is 8.27. The highest BCUT2D eigenvalue weighted by atomic mass is 16.3. The van der Waals surface area contributed by atoms with Crippen LogP contribution in [0.3, 0.4) is 0 Å². The van der Waals surface area contributed by atoms with Crippen molar-refractivity contribution in [2.24, 2.45) is 0 Å². The number of carbonyl (C=O) groups excluding carboxylic acids is 1. The van der Waals surface area contributed by atoms with Crippen LogP contribution in [0.5, 0.6) is 0 Å². The minimum Gasteiger partial charge on any atom is -0.456 e. The van der Waals surface area contributed by atoms with Gasteiger partial charge in [-0.2, -0.15) is 0 Å². The van der Waals surface area contributed by atoms with Gasteiger partial charge in [-0.25, -0.2) is 4.68 Å². The number of aromatic nitrogens is 2. The maximum atomic E-state index is 12.7. The van der Waals surface area contributed by atoms with E-state index in [2.05, 4.69) is 43.3 Å². The van der Waals surface area contributed by atoms with E-state index in [1.165, 1.54) is 22.3 Å². The van der Waals surface area contributed by atoms with Crippen LogP contribution < -0.4 is 5.32 Å². The second kappa shape index (κ2) is 8.03. The van der Waals surface area contributed by atoms with E-state index < -0.39 is 0 Å². The quantitative estimate of drug-likeness (QED) is 0.479. The van der Waals surface area contributed by atoms with E-state index in [1.54, 1.807) is 10.7 Å². The molecule has 4 aromatic rings.